The van der Waals surface area contributed by atoms with Gasteiger partial charge in [0.05, 0.1) is 22.4 Å². The van der Waals surface area contributed by atoms with Crippen molar-refractivity contribution in [3.63, 3.8) is 0 Å². The van der Waals surface area contributed by atoms with Gasteiger partial charge >= 0.3 is 0 Å². The maximum Gasteiger partial charge on any atom is 0.0697 e. The van der Waals surface area contributed by atoms with E-state index in [0.29, 0.717) is 11.5 Å². The van der Waals surface area contributed by atoms with Crippen molar-refractivity contribution in [2.75, 3.05) is 7.05 Å². The van der Waals surface area contributed by atoms with Crippen LogP contribution in [0.25, 0.3) is 0 Å². The molecular formula is C13H22BrN3. The minimum absolute atomic E-state index is 0.351. The van der Waals surface area contributed by atoms with E-state index in [4.69, 9.17) is 0 Å². The van der Waals surface area contributed by atoms with E-state index < -0.39 is 0 Å². The van der Waals surface area contributed by atoms with Crippen LogP contribution in [0.2, 0.25) is 0 Å². The summed E-state index contributed by atoms with van der Waals surface area (Å²) in [6, 6.07) is 0.379. The molecule has 1 saturated carbocycles. The van der Waals surface area contributed by atoms with E-state index in [1.807, 2.05) is 17.9 Å². The van der Waals surface area contributed by atoms with Crippen LogP contribution < -0.4 is 5.32 Å². The average molecular weight is 300 g/mol. The van der Waals surface area contributed by atoms with Gasteiger partial charge in [-0.3, -0.25) is 4.68 Å². The molecule has 1 aliphatic carbocycles. The average Bonchev–Trinajstić information content (AvgIpc) is 2.63. The zero-order valence-electron chi connectivity index (χ0n) is 11.0. The fourth-order valence-corrected chi connectivity index (χ4v) is 3.79. The zero-order chi connectivity index (χ0) is 12.5. The van der Waals surface area contributed by atoms with E-state index >= 15 is 0 Å². The molecule has 4 heteroatoms. The maximum atomic E-state index is 4.34. The van der Waals surface area contributed by atoms with E-state index in [1.165, 1.54) is 37.8 Å². The predicted octanol–water partition coefficient (Wildman–Crippen LogP) is 3.41. The van der Waals surface area contributed by atoms with Gasteiger partial charge < -0.3 is 5.32 Å². The van der Waals surface area contributed by atoms with Crippen LogP contribution in [0, 0.1) is 5.41 Å². The first kappa shape index (κ1) is 13.1. The molecule has 1 aliphatic rings. The minimum atomic E-state index is 0.351. The largest absolute Gasteiger partial charge is 0.311 e. The Hall–Kier alpha value is -0.350. The smallest absolute Gasteiger partial charge is 0.0697 e. The second-order valence-electron chi connectivity index (χ2n) is 5.44. The highest BCUT2D eigenvalue weighted by Crippen LogP contribution is 2.46. The fraction of sp³-hybridized carbons (Fsp3) is 0.769. The van der Waals surface area contributed by atoms with Crippen molar-refractivity contribution < 1.29 is 0 Å². The lowest BCUT2D eigenvalue weighted by Crippen LogP contribution is -2.37. The van der Waals surface area contributed by atoms with Crippen molar-refractivity contribution in [2.24, 2.45) is 12.5 Å². The molecule has 1 atom stereocenters. The lowest BCUT2D eigenvalue weighted by Gasteiger charge is -2.41. The SMILES string of the molecule is CNC(c1c(Br)cnn1C)C1(C)CCCCC1. The van der Waals surface area contributed by atoms with E-state index in [1.54, 1.807) is 0 Å². The minimum Gasteiger partial charge on any atom is -0.311 e. The van der Waals surface area contributed by atoms with Gasteiger partial charge in [-0.15, -0.1) is 0 Å². The number of hydrogen-bond donors (Lipinski definition) is 1. The van der Waals surface area contributed by atoms with E-state index in [0.717, 1.165) is 4.47 Å². The molecule has 3 nitrogen and oxygen atoms in total. The highest BCUT2D eigenvalue weighted by molar-refractivity contribution is 9.10. The molecule has 17 heavy (non-hydrogen) atoms. The lowest BCUT2D eigenvalue weighted by molar-refractivity contribution is 0.144. The van der Waals surface area contributed by atoms with E-state index in [2.05, 4.69) is 40.3 Å². The first-order valence-electron chi connectivity index (χ1n) is 6.43. The first-order valence-corrected chi connectivity index (χ1v) is 7.22. The summed E-state index contributed by atoms with van der Waals surface area (Å²) in [4.78, 5) is 0. The summed E-state index contributed by atoms with van der Waals surface area (Å²) in [5.41, 5.74) is 1.63. The molecule has 0 bridgehead atoms. The summed E-state index contributed by atoms with van der Waals surface area (Å²) in [6.45, 7) is 2.41. The Morgan fingerprint density at radius 3 is 2.53 bits per heavy atom. The molecule has 0 aliphatic heterocycles. The number of aromatic nitrogens is 2. The van der Waals surface area contributed by atoms with Gasteiger partial charge in [0.1, 0.15) is 0 Å². The predicted molar refractivity (Wildman–Crippen MR) is 73.9 cm³/mol. The summed E-state index contributed by atoms with van der Waals surface area (Å²) < 4.78 is 3.11. The molecule has 1 aromatic heterocycles. The Balaban J connectivity index is 2.32. The standard InChI is InChI=1S/C13H22BrN3/c1-13(7-5-4-6-8-13)12(15-2)11-10(14)9-16-17(11)3/h9,12,15H,4-8H2,1-3H3. The van der Waals surface area contributed by atoms with Crippen molar-refractivity contribution in [1.29, 1.82) is 0 Å². The van der Waals surface area contributed by atoms with Gasteiger partial charge in [0.25, 0.3) is 0 Å². The molecular weight excluding hydrogens is 278 g/mol. The Morgan fingerprint density at radius 2 is 2.06 bits per heavy atom. The van der Waals surface area contributed by atoms with E-state index in [-0.39, 0.29) is 0 Å². The highest BCUT2D eigenvalue weighted by Gasteiger charge is 2.37. The van der Waals surface area contributed by atoms with Gasteiger partial charge in [0.2, 0.25) is 0 Å². The molecule has 1 unspecified atom stereocenters. The van der Waals surface area contributed by atoms with Gasteiger partial charge in [-0.1, -0.05) is 26.2 Å². The Labute approximate surface area is 112 Å². The second kappa shape index (κ2) is 5.11. The molecule has 0 amide bonds. The van der Waals surface area contributed by atoms with Gasteiger partial charge in [-0.25, -0.2) is 0 Å². The summed E-state index contributed by atoms with van der Waals surface area (Å²) in [5, 5.41) is 7.85. The molecule has 1 aromatic rings. The van der Waals surface area contributed by atoms with Gasteiger partial charge in [0, 0.05) is 7.05 Å². The topological polar surface area (TPSA) is 29.9 Å². The number of hydrogen-bond acceptors (Lipinski definition) is 2. The molecule has 0 aromatic carbocycles. The summed E-state index contributed by atoms with van der Waals surface area (Å²) >= 11 is 3.63. The Kier molecular flexibility index (Phi) is 3.93. The van der Waals surface area contributed by atoms with Crippen LogP contribution in [0.15, 0.2) is 10.7 Å². The number of halogens is 1. The quantitative estimate of drug-likeness (QED) is 0.927. The third-order valence-corrected chi connectivity index (χ3v) is 4.80. The summed E-state index contributed by atoms with van der Waals surface area (Å²) in [5.74, 6) is 0. The van der Waals surface area contributed by atoms with E-state index in [9.17, 15) is 0 Å². The third-order valence-electron chi connectivity index (χ3n) is 4.19. The second-order valence-corrected chi connectivity index (χ2v) is 6.29. The fourth-order valence-electron chi connectivity index (χ4n) is 3.21. The number of rotatable bonds is 3. The van der Waals surface area contributed by atoms with Crippen LogP contribution in [0.4, 0.5) is 0 Å². The maximum absolute atomic E-state index is 4.34. The van der Waals surface area contributed by atoms with Gasteiger partial charge in [-0.05, 0) is 41.2 Å². The molecule has 1 heterocycles. The molecule has 0 spiro atoms. The van der Waals surface area contributed by atoms with Crippen molar-refractivity contribution in [1.82, 2.24) is 15.1 Å². The number of nitrogens with zero attached hydrogens (tertiary/aromatic N) is 2. The van der Waals surface area contributed by atoms with Crippen LogP contribution in [-0.2, 0) is 7.05 Å². The monoisotopic (exact) mass is 299 g/mol. The zero-order valence-corrected chi connectivity index (χ0v) is 12.5. The normalized spacial score (nSPS) is 21.4. The van der Waals surface area contributed by atoms with Crippen molar-refractivity contribution >= 4 is 15.9 Å². The molecule has 1 N–H and O–H groups in total. The molecule has 96 valence electrons. The van der Waals surface area contributed by atoms with Crippen LogP contribution in [0.3, 0.4) is 0 Å². The van der Waals surface area contributed by atoms with Crippen LogP contribution in [-0.4, -0.2) is 16.8 Å². The molecule has 1 fully saturated rings. The first-order chi connectivity index (χ1) is 8.08. The molecule has 2 rings (SSSR count). The summed E-state index contributed by atoms with van der Waals surface area (Å²) in [7, 11) is 4.08. The highest BCUT2D eigenvalue weighted by atomic mass is 79.9. The van der Waals surface area contributed by atoms with Crippen molar-refractivity contribution in [3.8, 4) is 0 Å². The number of aryl methyl sites for hydroxylation is 1. The van der Waals surface area contributed by atoms with Crippen LogP contribution in [0.5, 0.6) is 0 Å². The Bertz CT molecular complexity index is 361. The lowest BCUT2D eigenvalue weighted by atomic mass is 9.69. The molecule has 0 saturated heterocycles. The Morgan fingerprint density at radius 1 is 1.41 bits per heavy atom. The number of nitrogens with one attached hydrogen (secondary N) is 1. The van der Waals surface area contributed by atoms with Crippen LogP contribution >= 0.6 is 15.9 Å². The van der Waals surface area contributed by atoms with Gasteiger partial charge in [-0.2, -0.15) is 5.10 Å². The van der Waals surface area contributed by atoms with Gasteiger partial charge in [0.15, 0.2) is 0 Å². The third kappa shape index (κ3) is 2.43. The van der Waals surface area contributed by atoms with Crippen molar-refractivity contribution in [2.45, 2.75) is 45.1 Å². The molecule has 0 radical (unpaired) electrons. The summed E-state index contributed by atoms with van der Waals surface area (Å²) in [6.07, 6.45) is 8.59. The van der Waals surface area contributed by atoms with Crippen molar-refractivity contribution in [3.05, 3.63) is 16.4 Å². The van der Waals surface area contributed by atoms with Crippen LogP contribution in [0.1, 0.15) is 50.8 Å².